The van der Waals surface area contributed by atoms with Crippen LogP contribution in [0, 0.1) is 5.92 Å². The van der Waals surface area contributed by atoms with Crippen LogP contribution in [0.4, 0.5) is 0 Å². The lowest BCUT2D eigenvalue weighted by Crippen LogP contribution is -2.35. The van der Waals surface area contributed by atoms with Crippen molar-refractivity contribution < 1.29 is 14.3 Å². The topological polar surface area (TPSA) is 61.5 Å². The van der Waals surface area contributed by atoms with E-state index >= 15 is 0 Å². The fraction of sp³-hybridized carbons (Fsp3) is 0.857. The lowest BCUT2D eigenvalue weighted by atomic mass is 10.1. The molecule has 0 spiro atoms. The maximum Gasteiger partial charge on any atom is 0.312 e. The second-order valence-electron chi connectivity index (χ2n) is 2.56. The lowest BCUT2D eigenvalue weighted by molar-refractivity contribution is -0.148. The van der Waals surface area contributed by atoms with E-state index in [-0.39, 0.29) is 30.3 Å². The van der Waals surface area contributed by atoms with Crippen molar-refractivity contribution in [3.63, 3.8) is 0 Å². The van der Waals surface area contributed by atoms with Crippen LogP contribution in [0.25, 0.3) is 0 Å². The Morgan fingerprint density at radius 2 is 2.33 bits per heavy atom. The Morgan fingerprint density at radius 3 is 2.75 bits per heavy atom. The highest BCUT2D eigenvalue weighted by molar-refractivity contribution is 5.85. The molecular formula is C7H14ClNO3. The van der Waals surface area contributed by atoms with E-state index in [9.17, 15) is 4.79 Å². The number of nitrogens with two attached hydrogens (primary N) is 1. The molecule has 0 aromatic heterocycles. The van der Waals surface area contributed by atoms with Gasteiger partial charge in [0, 0.05) is 6.04 Å². The number of carbonyl (C=O) groups is 1. The molecule has 4 nitrogen and oxygen atoms in total. The van der Waals surface area contributed by atoms with E-state index in [1.807, 2.05) is 0 Å². The highest BCUT2D eigenvalue weighted by Gasteiger charge is 2.32. The van der Waals surface area contributed by atoms with Gasteiger partial charge in [0.05, 0.1) is 25.7 Å². The first-order valence-electron chi connectivity index (χ1n) is 3.75. The molecule has 12 heavy (non-hydrogen) atoms. The SMILES string of the molecule is CCOC(=O)C1COCC1N.Cl. The maximum absolute atomic E-state index is 11.1. The Bertz CT molecular complexity index is 154. The van der Waals surface area contributed by atoms with Crippen LogP contribution in [-0.4, -0.2) is 31.8 Å². The first-order valence-corrected chi connectivity index (χ1v) is 3.75. The zero-order valence-corrected chi connectivity index (χ0v) is 7.80. The Balaban J connectivity index is 0.00000121. The minimum atomic E-state index is -0.255. The Hall–Kier alpha value is -0.320. The fourth-order valence-corrected chi connectivity index (χ4v) is 1.06. The maximum atomic E-state index is 11.1. The molecule has 1 rings (SSSR count). The average Bonchev–Trinajstić information content (AvgIpc) is 2.36. The van der Waals surface area contributed by atoms with Crippen LogP contribution in [0.1, 0.15) is 6.92 Å². The van der Waals surface area contributed by atoms with Crippen molar-refractivity contribution in [1.29, 1.82) is 0 Å². The van der Waals surface area contributed by atoms with Crippen LogP contribution >= 0.6 is 12.4 Å². The lowest BCUT2D eigenvalue weighted by Gasteiger charge is -2.10. The van der Waals surface area contributed by atoms with Crippen LogP contribution in [0.2, 0.25) is 0 Å². The molecule has 0 bridgehead atoms. The Kier molecular flexibility index (Phi) is 5.20. The van der Waals surface area contributed by atoms with E-state index in [0.717, 1.165) is 0 Å². The molecule has 2 N–H and O–H groups in total. The molecule has 1 fully saturated rings. The summed E-state index contributed by atoms with van der Waals surface area (Å²) in [6.45, 7) is 3.05. The average molecular weight is 196 g/mol. The van der Waals surface area contributed by atoms with E-state index in [4.69, 9.17) is 15.2 Å². The molecule has 0 aliphatic carbocycles. The zero-order chi connectivity index (χ0) is 8.27. The zero-order valence-electron chi connectivity index (χ0n) is 6.99. The van der Waals surface area contributed by atoms with Crippen molar-refractivity contribution in [2.24, 2.45) is 11.7 Å². The molecule has 0 aromatic carbocycles. The summed E-state index contributed by atoms with van der Waals surface area (Å²) in [6.07, 6.45) is 0. The van der Waals surface area contributed by atoms with Crippen LogP contribution in [0.5, 0.6) is 0 Å². The van der Waals surface area contributed by atoms with Gasteiger partial charge in [-0.25, -0.2) is 0 Å². The van der Waals surface area contributed by atoms with Gasteiger partial charge >= 0.3 is 5.97 Å². The summed E-state index contributed by atoms with van der Waals surface area (Å²) in [5.41, 5.74) is 5.58. The van der Waals surface area contributed by atoms with Gasteiger partial charge in [0.2, 0.25) is 0 Å². The monoisotopic (exact) mass is 195 g/mol. The molecule has 0 amide bonds. The number of ether oxygens (including phenoxy) is 2. The molecule has 1 aliphatic heterocycles. The third-order valence-electron chi connectivity index (χ3n) is 1.71. The van der Waals surface area contributed by atoms with E-state index in [2.05, 4.69) is 0 Å². The van der Waals surface area contributed by atoms with Gasteiger partial charge in [0.25, 0.3) is 0 Å². The minimum absolute atomic E-state index is 0. The molecule has 2 atom stereocenters. The van der Waals surface area contributed by atoms with Crippen LogP contribution in [0.3, 0.4) is 0 Å². The largest absolute Gasteiger partial charge is 0.466 e. The second-order valence-corrected chi connectivity index (χ2v) is 2.56. The summed E-state index contributed by atoms with van der Waals surface area (Å²) >= 11 is 0. The first kappa shape index (κ1) is 11.7. The number of halogens is 1. The molecule has 1 heterocycles. The predicted octanol–water partition coefficient (Wildman–Crippen LogP) is -0.0550. The van der Waals surface area contributed by atoms with Crippen LogP contribution in [-0.2, 0) is 14.3 Å². The van der Waals surface area contributed by atoms with Crippen LogP contribution in [0.15, 0.2) is 0 Å². The van der Waals surface area contributed by atoms with E-state index in [1.165, 1.54) is 0 Å². The number of hydrogen-bond acceptors (Lipinski definition) is 4. The third kappa shape index (κ3) is 2.62. The summed E-state index contributed by atoms with van der Waals surface area (Å²) in [7, 11) is 0. The van der Waals surface area contributed by atoms with Gasteiger partial charge in [-0.2, -0.15) is 0 Å². The number of hydrogen-bond donors (Lipinski definition) is 1. The summed E-state index contributed by atoms with van der Waals surface area (Å²) in [5, 5.41) is 0. The molecular weight excluding hydrogens is 182 g/mol. The summed E-state index contributed by atoms with van der Waals surface area (Å²) in [6, 6.07) is -0.186. The molecule has 5 heteroatoms. The van der Waals surface area contributed by atoms with E-state index in [0.29, 0.717) is 19.8 Å². The molecule has 72 valence electrons. The summed E-state index contributed by atoms with van der Waals surface area (Å²) in [5.74, 6) is -0.493. The van der Waals surface area contributed by atoms with Crippen molar-refractivity contribution in [1.82, 2.24) is 0 Å². The van der Waals surface area contributed by atoms with E-state index < -0.39 is 0 Å². The second kappa shape index (κ2) is 5.35. The normalized spacial score (nSPS) is 27.8. The predicted molar refractivity (Wildman–Crippen MR) is 46.2 cm³/mol. The molecule has 1 saturated heterocycles. The fourth-order valence-electron chi connectivity index (χ4n) is 1.06. The minimum Gasteiger partial charge on any atom is -0.466 e. The van der Waals surface area contributed by atoms with Crippen molar-refractivity contribution in [2.45, 2.75) is 13.0 Å². The highest BCUT2D eigenvalue weighted by Crippen LogP contribution is 2.12. The number of rotatable bonds is 2. The van der Waals surface area contributed by atoms with Gasteiger partial charge in [-0.15, -0.1) is 12.4 Å². The summed E-state index contributed by atoms with van der Waals surface area (Å²) < 4.78 is 9.81. The molecule has 0 saturated carbocycles. The Labute approximate surface area is 77.8 Å². The first-order chi connectivity index (χ1) is 5.25. The van der Waals surface area contributed by atoms with Gasteiger partial charge in [-0.3, -0.25) is 4.79 Å². The van der Waals surface area contributed by atoms with E-state index in [1.54, 1.807) is 6.92 Å². The summed E-state index contributed by atoms with van der Waals surface area (Å²) in [4.78, 5) is 11.1. The Morgan fingerprint density at radius 1 is 1.67 bits per heavy atom. The quantitative estimate of drug-likeness (QED) is 0.628. The third-order valence-corrected chi connectivity index (χ3v) is 1.71. The highest BCUT2D eigenvalue weighted by atomic mass is 35.5. The van der Waals surface area contributed by atoms with Gasteiger partial charge < -0.3 is 15.2 Å². The van der Waals surface area contributed by atoms with Crippen molar-refractivity contribution in [3.8, 4) is 0 Å². The molecule has 2 unspecified atom stereocenters. The molecule has 0 radical (unpaired) electrons. The molecule has 0 aromatic rings. The standard InChI is InChI=1S/C7H13NO3.ClH/c1-2-11-7(9)5-3-10-4-6(5)8;/h5-6H,2-4,8H2,1H3;1H. The number of carbonyl (C=O) groups excluding carboxylic acids is 1. The van der Waals surface area contributed by atoms with Gasteiger partial charge in [-0.05, 0) is 6.92 Å². The smallest absolute Gasteiger partial charge is 0.312 e. The van der Waals surface area contributed by atoms with Crippen molar-refractivity contribution in [2.75, 3.05) is 19.8 Å². The van der Waals surface area contributed by atoms with Gasteiger partial charge in [0.15, 0.2) is 0 Å². The van der Waals surface area contributed by atoms with Crippen molar-refractivity contribution >= 4 is 18.4 Å². The van der Waals surface area contributed by atoms with Crippen molar-refractivity contribution in [3.05, 3.63) is 0 Å². The van der Waals surface area contributed by atoms with Gasteiger partial charge in [0.1, 0.15) is 0 Å². The number of esters is 1. The van der Waals surface area contributed by atoms with Crippen LogP contribution < -0.4 is 5.73 Å². The van der Waals surface area contributed by atoms with Gasteiger partial charge in [-0.1, -0.05) is 0 Å². The molecule has 1 aliphatic rings.